The summed E-state index contributed by atoms with van der Waals surface area (Å²) >= 11 is 1.84. The second-order valence-electron chi connectivity index (χ2n) is 6.34. The molecule has 1 aliphatic rings. The second kappa shape index (κ2) is 12.7. The van der Waals surface area contributed by atoms with Crippen molar-refractivity contribution < 1.29 is 9.47 Å². The Labute approximate surface area is 179 Å². The van der Waals surface area contributed by atoms with Gasteiger partial charge in [0.05, 0.1) is 19.8 Å². The Kier molecular flexibility index (Phi) is 11.4. The van der Waals surface area contributed by atoms with Gasteiger partial charge in [0.1, 0.15) is 11.9 Å². The number of ether oxygens (including phenoxy) is 2. The Balaban J connectivity index is 0.00000338. The largest absolute Gasteiger partial charge is 0.488 e. The molecule has 2 N–H and O–H groups in total. The first-order valence-electron chi connectivity index (χ1n) is 9.01. The molecule has 1 aromatic carbocycles. The van der Waals surface area contributed by atoms with Crippen molar-refractivity contribution in [3.8, 4) is 5.75 Å². The van der Waals surface area contributed by atoms with Gasteiger partial charge in [-0.1, -0.05) is 19.1 Å². The average Bonchev–Trinajstić information content (AvgIpc) is 3.11. The molecule has 0 aliphatic carbocycles. The van der Waals surface area contributed by atoms with E-state index in [1.807, 2.05) is 11.8 Å². The van der Waals surface area contributed by atoms with Crippen LogP contribution >= 0.6 is 35.7 Å². The first kappa shape index (κ1) is 23.4. The molecule has 0 amide bonds. The zero-order valence-electron chi connectivity index (χ0n) is 16.2. The van der Waals surface area contributed by atoms with Crippen LogP contribution in [0.25, 0.3) is 0 Å². The lowest BCUT2D eigenvalue weighted by Crippen LogP contribution is -2.40. The molecule has 0 spiro atoms. The smallest absolute Gasteiger partial charge is 0.191 e. The van der Waals surface area contributed by atoms with E-state index < -0.39 is 0 Å². The number of benzene rings is 1. The van der Waals surface area contributed by atoms with Crippen LogP contribution in [0.15, 0.2) is 23.2 Å². The van der Waals surface area contributed by atoms with Crippen LogP contribution in [0.5, 0.6) is 5.75 Å². The number of nitrogens with one attached hydrogen (secondary N) is 2. The van der Waals surface area contributed by atoms with Crippen LogP contribution in [0.3, 0.4) is 0 Å². The lowest BCUT2D eigenvalue weighted by Gasteiger charge is -2.17. The molecule has 2 unspecified atom stereocenters. The highest BCUT2D eigenvalue weighted by molar-refractivity contribution is 14.0. The maximum atomic E-state index is 6.16. The molecule has 2 rings (SSSR count). The van der Waals surface area contributed by atoms with Crippen molar-refractivity contribution in [2.45, 2.75) is 45.1 Å². The third-order valence-electron chi connectivity index (χ3n) is 4.12. The maximum Gasteiger partial charge on any atom is 0.191 e. The van der Waals surface area contributed by atoms with E-state index >= 15 is 0 Å². The summed E-state index contributed by atoms with van der Waals surface area (Å²) in [5.41, 5.74) is 2.30. The molecule has 1 aliphatic heterocycles. The van der Waals surface area contributed by atoms with E-state index in [4.69, 9.17) is 14.5 Å². The van der Waals surface area contributed by atoms with Crippen LogP contribution in [-0.4, -0.2) is 49.9 Å². The lowest BCUT2D eigenvalue weighted by atomic mass is 10.1. The summed E-state index contributed by atoms with van der Waals surface area (Å²) in [5.74, 6) is 1.77. The summed E-state index contributed by atoms with van der Waals surface area (Å²) in [5, 5.41) is 7.25. The van der Waals surface area contributed by atoms with Crippen molar-refractivity contribution in [3.05, 3.63) is 29.3 Å². The van der Waals surface area contributed by atoms with E-state index in [2.05, 4.69) is 55.9 Å². The van der Waals surface area contributed by atoms with Gasteiger partial charge in [-0.15, -0.1) is 24.0 Å². The number of thioether (sulfide) groups is 1. The summed E-state index contributed by atoms with van der Waals surface area (Å²) in [6.07, 6.45) is 3.23. The molecule has 0 aromatic heterocycles. The number of nitrogens with zero attached hydrogens (tertiary/aromatic N) is 1. The summed E-state index contributed by atoms with van der Waals surface area (Å²) < 4.78 is 11.6. The number of halogens is 1. The number of hydrogen-bond acceptors (Lipinski definition) is 4. The second-order valence-corrected chi connectivity index (χ2v) is 7.61. The van der Waals surface area contributed by atoms with Gasteiger partial charge >= 0.3 is 0 Å². The first-order valence-corrected chi connectivity index (χ1v) is 10.3. The van der Waals surface area contributed by atoms with E-state index in [1.165, 1.54) is 5.56 Å². The van der Waals surface area contributed by atoms with Gasteiger partial charge in [0.25, 0.3) is 0 Å². The number of aryl methyl sites for hydroxylation is 1. The molecule has 1 heterocycles. The number of guanidine groups is 1. The minimum absolute atomic E-state index is 0. The highest BCUT2D eigenvalue weighted by Crippen LogP contribution is 2.24. The Morgan fingerprint density at radius 1 is 1.42 bits per heavy atom. The SMILES string of the molecule is CCNC(=NCc1ccc(C)cc1OC1CCOC1)NCC(C)SC.I. The molecule has 1 saturated heterocycles. The standard InChI is InChI=1S/C19H31N3O2S.HI/c1-5-20-19(21-11-15(3)25-4)22-12-16-7-6-14(2)10-18(16)24-17-8-9-23-13-17;/h6-7,10,15,17H,5,8-9,11-13H2,1-4H3,(H2,20,21,22);1H. The van der Waals surface area contributed by atoms with Crippen molar-refractivity contribution in [2.75, 3.05) is 32.6 Å². The molecule has 0 bridgehead atoms. The molecule has 0 radical (unpaired) electrons. The van der Waals surface area contributed by atoms with Crippen LogP contribution < -0.4 is 15.4 Å². The average molecular weight is 493 g/mol. The highest BCUT2D eigenvalue weighted by Gasteiger charge is 2.18. The Morgan fingerprint density at radius 2 is 2.23 bits per heavy atom. The van der Waals surface area contributed by atoms with Crippen molar-refractivity contribution in [1.82, 2.24) is 10.6 Å². The van der Waals surface area contributed by atoms with E-state index in [0.717, 1.165) is 43.4 Å². The maximum absolute atomic E-state index is 6.16. The van der Waals surface area contributed by atoms with Crippen LogP contribution in [0, 0.1) is 6.92 Å². The summed E-state index contributed by atoms with van der Waals surface area (Å²) in [6, 6.07) is 6.32. The van der Waals surface area contributed by atoms with Gasteiger partial charge in [-0.3, -0.25) is 0 Å². The van der Waals surface area contributed by atoms with Crippen molar-refractivity contribution in [2.24, 2.45) is 4.99 Å². The van der Waals surface area contributed by atoms with Gasteiger partial charge in [-0.05, 0) is 31.7 Å². The summed E-state index contributed by atoms with van der Waals surface area (Å²) in [6.45, 7) is 10.2. The Hall–Kier alpha value is -0.670. The van der Waals surface area contributed by atoms with E-state index in [0.29, 0.717) is 18.4 Å². The molecule has 26 heavy (non-hydrogen) atoms. The van der Waals surface area contributed by atoms with Gasteiger partial charge in [-0.25, -0.2) is 4.99 Å². The number of aliphatic imine (C=N–C) groups is 1. The molecule has 7 heteroatoms. The quantitative estimate of drug-likeness (QED) is 0.330. The fourth-order valence-electron chi connectivity index (χ4n) is 2.52. The summed E-state index contributed by atoms with van der Waals surface area (Å²) in [7, 11) is 0. The Morgan fingerprint density at radius 3 is 2.88 bits per heavy atom. The zero-order valence-corrected chi connectivity index (χ0v) is 19.4. The fraction of sp³-hybridized carbons (Fsp3) is 0.632. The molecular formula is C19H32IN3O2S. The lowest BCUT2D eigenvalue weighted by molar-refractivity contribution is 0.140. The van der Waals surface area contributed by atoms with E-state index in [-0.39, 0.29) is 30.1 Å². The third kappa shape index (κ3) is 7.92. The van der Waals surface area contributed by atoms with Gasteiger partial charge in [0.15, 0.2) is 5.96 Å². The molecule has 5 nitrogen and oxygen atoms in total. The third-order valence-corrected chi connectivity index (χ3v) is 5.09. The normalized spacial score (nSPS) is 18.2. The van der Waals surface area contributed by atoms with Crippen LogP contribution in [-0.2, 0) is 11.3 Å². The van der Waals surface area contributed by atoms with Gasteiger partial charge in [0, 0.05) is 30.3 Å². The number of hydrogen-bond donors (Lipinski definition) is 2. The van der Waals surface area contributed by atoms with Crippen molar-refractivity contribution in [1.29, 1.82) is 0 Å². The van der Waals surface area contributed by atoms with Crippen LogP contribution in [0.2, 0.25) is 0 Å². The van der Waals surface area contributed by atoms with Crippen LogP contribution in [0.1, 0.15) is 31.4 Å². The van der Waals surface area contributed by atoms with E-state index in [1.54, 1.807) is 0 Å². The fourth-order valence-corrected chi connectivity index (χ4v) is 2.77. The molecule has 1 fully saturated rings. The van der Waals surface area contributed by atoms with Crippen molar-refractivity contribution in [3.63, 3.8) is 0 Å². The molecule has 2 atom stereocenters. The molecule has 1 aromatic rings. The molecule has 148 valence electrons. The Bertz CT molecular complexity index is 566. The van der Waals surface area contributed by atoms with Crippen LogP contribution in [0.4, 0.5) is 0 Å². The monoisotopic (exact) mass is 493 g/mol. The topological polar surface area (TPSA) is 54.9 Å². The highest BCUT2D eigenvalue weighted by atomic mass is 127. The zero-order chi connectivity index (χ0) is 18.1. The van der Waals surface area contributed by atoms with Gasteiger partial charge < -0.3 is 20.1 Å². The predicted molar refractivity (Wildman–Crippen MR) is 122 cm³/mol. The van der Waals surface area contributed by atoms with Gasteiger partial charge in [-0.2, -0.15) is 11.8 Å². The minimum Gasteiger partial charge on any atom is -0.488 e. The van der Waals surface area contributed by atoms with Crippen molar-refractivity contribution >= 4 is 41.7 Å². The minimum atomic E-state index is 0. The van der Waals surface area contributed by atoms with E-state index in [9.17, 15) is 0 Å². The molecule has 0 saturated carbocycles. The summed E-state index contributed by atoms with van der Waals surface area (Å²) in [4.78, 5) is 4.73. The predicted octanol–water partition coefficient (Wildman–Crippen LogP) is 3.59. The number of rotatable bonds is 8. The van der Waals surface area contributed by atoms with Gasteiger partial charge in [0.2, 0.25) is 0 Å². The molecular weight excluding hydrogens is 461 g/mol. The first-order chi connectivity index (χ1) is 12.1.